The number of hydrogen-bond donors (Lipinski definition) is 0. The lowest BCUT2D eigenvalue weighted by atomic mass is 10.0. The first-order valence-corrected chi connectivity index (χ1v) is 8.16. The van der Waals surface area contributed by atoms with Gasteiger partial charge in [-0.2, -0.15) is 0 Å². The molecule has 0 unspecified atom stereocenters. The fraction of sp³-hybridized carbons (Fsp3) is 0.263. The van der Waals surface area contributed by atoms with Gasteiger partial charge in [-0.1, -0.05) is 19.1 Å². The Labute approximate surface area is 146 Å². The molecule has 0 fully saturated rings. The maximum atomic E-state index is 12.7. The average molecular weight is 336 g/mol. The third-order valence-corrected chi connectivity index (χ3v) is 3.97. The lowest BCUT2D eigenvalue weighted by Crippen LogP contribution is -2.26. The van der Waals surface area contributed by atoms with E-state index in [1.54, 1.807) is 18.1 Å². The molecule has 1 amide bonds. The van der Waals surface area contributed by atoms with Crippen molar-refractivity contribution in [2.24, 2.45) is 0 Å². The zero-order valence-electron chi connectivity index (χ0n) is 14.6. The molecule has 0 saturated heterocycles. The number of carbonyl (C=O) groups excluding carboxylic acids is 1. The van der Waals surface area contributed by atoms with Gasteiger partial charge in [0.05, 0.1) is 6.54 Å². The average Bonchev–Trinajstić information content (AvgIpc) is 3.09. The molecule has 6 nitrogen and oxygen atoms in total. The molecule has 0 bridgehead atoms. The van der Waals surface area contributed by atoms with Gasteiger partial charge in [0.15, 0.2) is 0 Å². The molecule has 0 N–H and O–H groups in total. The van der Waals surface area contributed by atoms with E-state index in [0.29, 0.717) is 23.8 Å². The summed E-state index contributed by atoms with van der Waals surface area (Å²) < 4.78 is 5.48. The quantitative estimate of drug-likeness (QED) is 0.715. The van der Waals surface area contributed by atoms with Gasteiger partial charge in [0, 0.05) is 31.4 Å². The number of carbonyl (C=O) groups is 1. The van der Waals surface area contributed by atoms with E-state index < -0.39 is 0 Å². The Morgan fingerprint density at radius 2 is 2.00 bits per heavy atom. The zero-order chi connectivity index (χ0) is 17.8. The smallest absolute Gasteiger partial charge is 0.254 e. The van der Waals surface area contributed by atoms with Crippen molar-refractivity contribution in [1.29, 1.82) is 0 Å². The molecule has 0 spiro atoms. The highest BCUT2D eigenvalue weighted by Gasteiger charge is 2.16. The topological polar surface area (TPSA) is 72.1 Å². The van der Waals surface area contributed by atoms with E-state index in [4.69, 9.17) is 4.42 Å². The van der Waals surface area contributed by atoms with Crippen molar-refractivity contribution in [2.75, 3.05) is 7.05 Å². The van der Waals surface area contributed by atoms with Gasteiger partial charge >= 0.3 is 0 Å². The summed E-state index contributed by atoms with van der Waals surface area (Å²) in [7, 11) is 1.72. The Hall–Kier alpha value is -3.02. The van der Waals surface area contributed by atoms with Crippen molar-refractivity contribution in [2.45, 2.75) is 26.8 Å². The monoisotopic (exact) mass is 336 g/mol. The molecule has 0 aliphatic rings. The summed E-state index contributed by atoms with van der Waals surface area (Å²) in [6, 6.07) is 9.53. The molecule has 2 aromatic heterocycles. The molecule has 128 valence electrons. The highest BCUT2D eigenvalue weighted by molar-refractivity contribution is 5.95. The lowest BCUT2D eigenvalue weighted by molar-refractivity contribution is 0.0772. The number of benzene rings is 1. The van der Waals surface area contributed by atoms with Crippen LogP contribution in [0.4, 0.5) is 0 Å². The summed E-state index contributed by atoms with van der Waals surface area (Å²) in [6.45, 7) is 4.23. The molecule has 0 atom stereocenters. The van der Waals surface area contributed by atoms with Crippen LogP contribution >= 0.6 is 0 Å². The van der Waals surface area contributed by atoms with Crippen LogP contribution in [0.1, 0.15) is 34.6 Å². The SMILES string of the molecule is CCc1nnc(CN(C)C(=O)c2cccc(-c3ccncc3C)c2)o1. The van der Waals surface area contributed by atoms with E-state index >= 15 is 0 Å². The summed E-state index contributed by atoms with van der Waals surface area (Å²) in [5.74, 6) is 0.921. The van der Waals surface area contributed by atoms with E-state index in [1.807, 2.05) is 50.4 Å². The van der Waals surface area contributed by atoms with E-state index in [9.17, 15) is 4.79 Å². The van der Waals surface area contributed by atoms with Crippen LogP contribution in [0.2, 0.25) is 0 Å². The highest BCUT2D eigenvalue weighted by Crippen LogP contribution is 2.23. The predicted octanol–water partition coefficient (Wildman–Crippen LogP) is 3.27. The van der Waals surface area contributed by atoms with E-state index in [-0.39, 0.29) is 12.5 Å². The highest BCUT2D eigenvalue weighted by atomic mass is 16.4. The van der Waals surface area contributed by atoms with Crippen molar-refractivity contribution < 1.29 is 9.21 Å². The second-order valence-electron chi connectivity index (χ2n) is 5.88. The standard InChI is InChI=1S/C19H20N4O2/c1-4-17-21-22-18(25-17)12-23(3)19(24)15-7-5-6-14(10-15)16-8-9-20-11-13(16)2/h5-11H,4,12H2,1-3H3. The minimum Gasteiger partial charge on any atom is -0.423 e. The van der Waals surface area contributed by atoms with Crippen molar-refractivity contribution in [3.8, 4) is 11.1 Å². The maximum Gasteiger partial charge on any atom is 0.254 e. The van der Waals surface area contributed by atoms with Gasteiger partial charge in [0.25, 0.3) is 5.91 Å². The van der Waals surface area contributed by atoms with Gasteiger partial charge in [-0.05, 0) is 41.8 Å². The van der Waals surface area contributed by atoms with Gasteiger partial charge in [-0.3, -0.25) is 9.78 Å². The third kappa shape index (κ3) is 3.74. The zero-order valence-corrected chi connectivity index (χ0v) is 14.6. The number of hydrogen-bond acceptors (Lipinski definition) is 5. The van der Waals surface area contributed by atoms with Crippen molar-refractivity contribution in [3.05, 3.63) is 65.6 Å². The van der Waals surface area contributed by atoms with E-state index in [1.165, 1.54) is 0 Å². The van der Waals surface area contributed by atoms with E-state index in [0.717, 1.165) is 16.7 Å². The Bertz CT molecular complexity index is 888. The van der Waals surface area contributed by atoms with Gasteiger partial charge < -0.3 is 9.32 Å². The number of amides is 1. The molecule has 3 aromatic rings. The fourth-order valence-corrected chi connectivity index (χ4v) is 2.61. The van der Waals surface area contributed by atoms with Gasteiger partial charge in [-0.25, -0.2) is 0 Å². The first kappa shape index (κ1) is 16.8. The number of rotatable bonds is 5. The third-order valence-electron chi connectivity index (χ3n) is 3.97. The summed E-state index contributed by atoms with van der Waals surface area (Å²) in [4.78, 5) is 18.4. The Balaban J connectivity index is 1.80. The normalized spacial score (nSPS) is 10.7. The molecule has 0 aliphatic heterocycles. The Morgan fingerprint density at radius 3 is 2.72 bits per heavy atom. The number of aryl methyl sites for hydroxylation is 2. The first-order chi connectivity index (χ1) is 12.1. The van der Waals surface area contributed by atoms with Crippen LogP contribution < -0.4 is 0 Å². The predicted molar refractivity (Wildman–Crippen MR) is 93.9 cm³/mol. The Kier molecular flexibility index (Phi) is 4.88. The maximum absolute atomic E-state index is 12.7. The van der Waals surface area contributed by atoms with Crippen LogP contribution in [0.5, 0.6) is 0 Å². The van der Waals surface area contributed by atoms with Crippen molar-refractivity contribution >= 4 is 5.91 Å². The van der Waals surface area contributed by atoms with Crippen LogP contribution in [0.3, 0.4) is 0 Å². The molecule has 0 radical (unpaired) electrons. The van der Waals surface area contributed by atoms with Crippen LogP contribution in [-0.4, -0.2) is 33.0 Å². The first-order valence-electron chi connectivity index (χ1n) is 8.16. The minimum atomic E-state index is -0.0928. The molecule has 0 saturated carbocycles. The van der Waals surface area contributed by atoms with Crippen LogP contribution in [0, 0.1) is 6.92 Å². The molecule has 3 rings (SSSR count). The van der Waals surface area contributed by atoms with Crippen molar-refractivity contribution in [1.82, 2.24) is 20.1 Å². The summed E-state index contributed by atoms with van der Waals surface area (Å²) in [5.41, 5.74) is 3.74. The van der Waals surface area contributed by atoms with Crippen LogP contribution in [0.25, 0.3) is 11.1 Å². The molecule has 2 heterocycles. The molecule has 6 heteroatoms. The minimum absolute atomic E-state index is 0.0928. The molecule has 1 aromatic carbocycles. The number of aromatic nitrogens is 3. The van der Waals surface area contributed by atoms with Gasteiger partial charge in [-0.15, -0.1) is 10.2 Å². The number of pyridine rings is 1. The van der Waals surface area contributed by atoms with E-state index in [2.05, 4.69) is 15.2 Å². The summed E-state index contributed by atoms with van der Waals surface area (Å²) in [6.07, 6.45) is 4.25. The second kappa shape index (κ2) is 7.25. The summed E-state index contributed by atoms with van der Waals surface area (Å²) in [5, 5.41) is 7.89. The second-order valence-corrected chi connectivity index (χ2v) is 5.88. The van der Waals surface area contributed by atoms with Gasteiger partial charge in [0.1, 0.15) is 0 Å². The summed E-state index contributed by atoms with van der Waals surface area (Å²) >= 11 is 0. The molecule has 25 heavy (non-hydrogen) atoms. The molecular formula is C19H20N4O2. The van der Waals surface area contributed by atoms with Gasteiger partial charge in [0.2, 0.25) is 11.8 Å². The Morgan fingerprint density at radius 1 is 1.20 bits per heavy atom. The largest absolute Gasteiger partial charge is 0.423 e. The fourth-order valence-electron chi connectivity index (χ4n) is 2.61. The van der Waals surface area contributed by atoms with Crippen LogP contribution in [0.15, 0.2) is 47.1 Å². The molecular weight excluding hydrogens is 316 g/mol. The van der Waals surface area contributed by atoms with Crippen molar-refractivity contribution in [3.63, 3.8) is 0 Å². The molecule has 0 aliphatic carbocycles. The van der Waals surface area contributed by atoms with Crippen LogP contribution in [-0.2, 0) is 13.0 Å². The number of nitrogens with zero attached hydrogens (tertiary/aromatic N) is 4. The lowest BCUT2D eigenvalue weighted by Gasteiger charge is -2.15.